The molecule has 0 radical (unpaired) electrons. The van der Waals surface area contributed by atoms with Gasteiger partial charge in [0.1, 0.15) is 10.8 Å². The molecule has 1 atom stereocenters. The molecule has 1 fully saturated rings. The molecular formula is C22H22FN5O2S. The second-order valence-corrected chi connectivity index (χ2v) is 8.50. The molecule has 9 heteroatoms. The maximum Gasteiger partial charge on any atom is 0.321 e. The molecule has 31 heavy (non-hydrogen) atoms. The van der Waals surface area contributed by atoms with Gasteiger partial charge in [0, 0.05) is 30.4 Å². The first-order valence-electron chi connectivity index (χ1n) is 10.0. The van der Waals surface area contributed by atoms with Gasteiger partial charge in [0.05, 0.1) is 0 Å². The monoisotopic (exact) mass is 439 g/mol. The average Bonchev–Trinajstić information content (AvgIpc) is 3.28. The Morgan fingerprint density at radius 3 is 2.45 bits per heavy atom. The lowest BCUT2D eigenvalue weighted by Crippen LogP contribution is -2.41. The molecule has 1 aromatic heterocycles. The number of hydrogen-bond acceptors (Lipinski definition) is 5. The molecular weight excluding hydrogens is 417 g/mol. The van der Waals surface area contributed by atoms with Crippen molar-refractivity contribution < 1.29 is 14.0 Å². The number of urea groups is 1. The average molecular weight is 440 g/mol. The van der Waals surface area contributed by atoms with Crippen LogP contribution in [0, 0.1) is 12.7 Å². The summed E-state index contributed by atoms with van der Waals surface area (Å²) in [4.78, 5) is 26.8. The van der Waals surface area contributed by atoms with Crippen molar-refractivity contribution >= 4 is 34.6 Å². The van der Waals surface area contributed by atoms with E-state index in [0.717, 1.165) is 23.4 Å². The topological polar surface area (TPSA) is 87.2 Å². The molecule has 0 aliphatic carbocycles. The van der Waals surface area contributed by atoms with Crippen molar-refractivity contribution in [2.75, 3.05) is 23.7 Å². The Labute approximate surface area is 183 Å². The molecule has 1 saturated heterocycles. The number of aryl methyl sites for hydroxylation is 1. The zero-order valence-corrected chi connectivity index (χ0v) is 17.8. The Balaban J connectivity index is 1.37. The van der Waals surface area contributed by atoms with Crippen LogP contribution in [0.2, 0.25) is 0 Å². The molecule has 1 aliphatic heterocycles. The number of piperidine rings is 1. The minimum absolute atomic E-state index is 0.0196. The van der Waals surface area contributed by atoms with Crippen LogP contribution in [0.5, 0.6) is 0 Å². The van der Waals surface area contributed by atoms with E-state index < -0.39 is 0 Å². The van der Waals surface area contributed by atoms with Gasteiger partial charge < -0.3 is 15.5 Å². The van der Waals surface area contributed by atoms with Crippen LogP contribution in [0.15, 0.2) is 48.5 Å². The zero-order valence-electron chi connectivity index (χ0n) is 17.0. The van der Waals surface area contributed by atoms with Crippen LogP contribution in [0.4, 0.5) is 20.6 Å². The van der Waals surface area contributed by atoms with Gasteiger partial charge in [0.25, 0.3) is 5.91 Å². The third-order valence-electron chi connectivity index (χ3n) is 5.10. The van der Waals surface area contributed by atoms with Crippen molar-refractivity contribution in [2.45, 2.75) is 25.7 Å². The van der Waals surface area contributed by atoms with E-state index >= 15 is 0 Å². The summed E-state index contributed by atoms with van der Waals surface area (Å²) in [5.41, 5.74) is 2.36. The standard InChI is InChI=1S/C22H22FN5O2S/c1-14-4-8-17(9-5-14)24-19(29)21-27-26-20(31-21)15-3-2-12-28(13-15)22(30)25-18-10-6-16(23)7-11-18/h4-11,15H,2-3,12-13H2,1H3,(H,24,29)(H,25,30)/t15-/m0/s1. The molecule has 3 amide bonds. The van der Waals surface area contributed by atoms with Crippen molar-refractivity contribution in [3.63, 3.8) is 0 Å². The number of hydrogen-bond donors (Lipinski definition) is 2. The Hall–Kier alpha value is -3.33. The van der Waals surface area contributed by atoms with Gasteiger partial charge in [-0.15, -0.1) is 10.2 Å². The highest BCUT2D eigenvalue weighted by molar-refractivity contribution is 7.13. The fourth-order valence-electron chi connectivity index (χ4n) is 3.41. The molecule has 4 rings (SSSR count). The quantitative estimate of drug-likeness (QED) is 0.620. The van der Waals surface area contributed by atoms with Crippen molar-refractivity contribution in [3.8, 4) is 0 Å². The third kappa shape index (κ3) is 5.24. The molecule has 7 nitrogen and oxygen atoms in total. The van der Waals surface area contributed by atoms with E-state index in [2.05, 4.69) is 20.8 Å². The van der Waals surface area contributed by atoms with Crippen LogP contribution in [0.1, 0.15) is 39.1 Å². The number of amides is 3. The number of aromatic nitrogens is 2. The lowest BCUT2D eigenvalue weighted by molar-refractivity contribution is 0.102. The number of nitrogens with zero attached hydrogens (tertiary/aromatic N) is 3. The molecule has 1 aliphatic rings. The molecule has 0 bridgehead atoms. The number of halogens is 1. The van der Waals surface area contributed by atoms with Gasteiger partial charge >= 0.3 is 6.03 Å². The minimum atomic E-state index is -0.352. The van der Waals surface area contributed by atoms with E-state index in [1.165, 1.54) is 35.6 Å². The summed E-state index contributed by atoms with van der Waals surface area (Å²) in [7, 11) is 0. The minimum Gasteiger partial charge on any atom is -0.324 e. The number of likely N-dealkylation sites (tertiary alicyclic amines) is 1. The SMILES string of the molecule is Cc1ccc(NC(=O)c2nnc([C@H]3CCCN(C(=O)Nc4ccc(F)cc4)C3)s2)cc1. The Bertz CT molecular complexity index is 1070. The molecule has 0 unspecified atom stereocenters. The van der Waals surface area contributed by atoms with Gasteiger partial charge in [-0.05, 0) is 56.2 Å². The normalized spacial score (nSPS) is 16.1. The summed E-state index contributed by atoms with van der Waals surface area (Å²) < 4.78 is 13.1. The number of benzene rings is 2. The Kier molecular flexibility index (Phi) is 6.22. The van der Waals surface area contributed by atoms with Crippen molar-refractivity contribution in [1.82, 2.24) is 15.1 Å². The maximum absolute atomic E-state index is 13.1. The second-order valence-electron chi connectivity index (χ2n) is 7.49. The fourth-order valence-corrected chi connectivity index (χ4v) is 4.28. The molecule has 160 valence electrons. The summed E-state index contributed by atoms with van der Waals surface area (Å²) in [6.07, 6.45) is 1.69. The number of anilines is 2. The lowest BCUT2D eigenvalue weighted by atomic mass is 9.99. The predicted molar refractivity (Wildman–Crippen MR) is 118 cm³/mol. The summed E-state index contributed by atoms with van der Waals surface area (Å²) in [5, 5.41) is 14.9. The first-order valence-corrected chi connectivity index (χ1v) is 10.8. The molecule has 0 saturated carbocycles. The van der Waals surface area contributed by atoms with Crippen LogP contribution >= 0.6 is 11.3 Å². The van der Waals surface area contributed by atoms with E-state index in [0.29, 0.717) is 29.5 Å². The fraction of sp³-hybridized carbons (Fsp3) is 0.273. The van der Waals surface area contributed by atoms with Crippen molar-refractivity contribution in [2.24, 2.45) is 0 Å². The van der Waals surface area contributed by atoms with Crippen LogP contribution < -0.4 is 10.6 Å². The summed E-state index contributed by atoms with van der Waals surface area (Å²) in [5.74, 6) is -0.630. The first-order chi connectivity index (χ1) is 15.0. The predicted octanol–water partition coefficient (Wildman–Crippen LogP) is 4.65. The van der Waals surface area contributed by atoms with E-state index in [1.807, 2.05) is 31.2 Å². The number of nitrogens with one attached hydrogen (secondary N) is 2. The van der Waals surface area contributed by atoms with Crippen LogP contribution in [-0.4, -0.2) is 40.1 Å². The van der Waals surface area contributed by atoms with Crippen LogP contribution in [0.3, 0.4) is 0 Å². The summed E-state index contributed by atoms with van der Waals surface area (Å²) >= 11 is 1.25. The summed E-state index contributed by atoms with van der Waals surface area (Å²) in [6, 6.07) is 13.0. The molecule has 0 spiro atoms. The number of rotatable bonds is 4. The smallest absolute Gasteiger partial charge is 0.321 e. The lowest BCUT2D eigenvalue weighted by Gasteiger charge is -2.31. The van der Waals surface area contributed by atoms with E-state index in [-0.39, 0.29) is 23.7 Å². The van der Waals surface area contributed by atoms with Crippen LogP contribution in [0.25, 0.3) is 0 Å². The van der Waals surface area contributed by atoms with Gasteiger partial charge in [-0.25, -0.2) is 9.18 Å². The first kappa shape index (κ1) is 20.9. The molecule has 2 heterocycles. The highest BCUT2D eigenvalue weighted by Crippen LogP contribution is 2.29. The van der Waals surface area contributed by atoms with E-state index in [4.69, 9.17) is 0 Å². The van der Waals surface area contributed by atoms with E-state index in [1.54, 1.807) is 4.90 Å². The molecule has 2 aromatic carbocycles. The van der Waals surface area contributed by atoms with Gasteiger partial charge in [0.2, 0.25) is 5.01 Å². The maximum atomic E-state index is 13.1. The highest BCUT2D eigenvalue weighted by atomic mass is 32.1. The molecule has 2 N–H and O–H groups in total. The van der Waals surface area contributed by atoms with Crippen LogP contribution in [-0.2, 0) is 0 Å². The van der Waals surface area contributed by atoms with Gasteiger partial charge in [-0.2, -0.15) is 0 Å². The van der Waals surface area contributed by atoms with Gasteiger partial charge in [0.15, 0.2) is 0 Å². The number of carbonyl (C=O) groups is 2. The highest BCUT2D eigenvalue weighted by Gasteiger charge is 2.28. The Morgan fingerprint density at radius 2 is 1.71 bits per heavy atom. The second kappa shape index (κ2) is 9.22. The number of carbonyl (C=O) groups excluding carboxylic acids is 2. The largest absolute Gasteiger partial charge is 0.324 e. The third-order valence-corrected chi connectivity index (χ3v) is 6.18. The van der Waals surface area contributed by atoms with Gasteiger partial charge in [-0.3, -0.25) is 4.79 Å². The molecule has 3 aromatic rings. The summed E-state index contributed by atoms with van der Waals surface area (Å²) in [6.45, 7) is 3.10. The Morgan fingerprint density at radius 1 is 1.03 bits per heavy atom. The van der Waals surface area contributed by atoms with E-state index in [9.17, 15) is 14.0 Å². The van der Waals surface area contributed by atoms with Crippen molar-refractivity contribution in [3.05, 3.63) is 69.9 Å². The van der Waals surface area contributed by atoms with Crippen molar-refractivity contribution in [1.29, 1.82) is 0 Å². The zero-order chi connectivity index (χ0) is 21.8. The van der Waals surface area contributed by atoms with Gasteiger partial charge in [-0.1, -0.05) is 29.0 Å².